The number of amides is 1. The highest BCUT2D eigenvalue weighted by molar-refractivity contribution is 9.10. The van der Waals surface area contributed by atoms with E-state index >= 15 is 0 Å². The lowest BCUT2D eigenvalue weighted by molar-refractivity contribution is 0.0951. The minimum absolute atomic E-state index is 0.0531. The summed E-state index contributed by atoms with van der Waals surface area (Å²) >= 11 is 9.23. The first-order valence-corrected chi connectivity index (χ1v) is 8.00. The van der Waals surface area contributed by atoms with Gasteiger partial charge in [-0.2, -0.15) is 0 Å². The van der Waals surface area contributed by atoms with Gasteiger partial charge < -0.3 is 15.5 Å². The number of benzene rings is 1. The number of carbonyl (C=O) groups is 1. The molecule has 20 heavy (non-hydrogen) atoms. The number of hydrogen-bond donors (Lipinski definition) is 2. The van der Waals surface area contributed by atoms with Crippen LogP contribution in [0.25, 0.3) is 0 Å². The predicted octanol–water partition coefficient (Wildman–Crippen LogP) is 2.13. The van der Waals surface area contributed by atoms with Crippen LogP contribution in [0.15, 0.2) is 22.7 Å². The van der Waals surface area contributed by atoms with Crippen molar-refractivity contribution in [3.8, 4) is 0 Å². The fraction of sp³-hybridized carbons (Fsp3) is 0.500. The average Bonchev–Trinajstić information content (AvgIpc) is 2.47. The number of carbonyl (C=O) groups excluding carboxylic acids is 1. The smallest absolute Gasteiger partial charge is 0.251 e. The van der Waals surface area contributed by atoms with Crippen molar-refractivity contribution in [3.63, 3.8) is 0 Å². The van der Waals surface area contributed by atoms with E-state index in [-0.39, 0.29) is 5.91 Å². The fourth-order valence-corrected chi connectivity index (χ4v) is 2.68. The van der Waals surface area contributed by atoms with Crippen molar-refractivity contribution >= 4 is 33.4 Å². The average molecular weight is 361 g/mol. The summed E-state index contributed by atoms with van der Waals surface area (Å²) < 4.78 is 0.743. The summed E-state index contributed by atoms with van der Waals surface area (Å²) in [5.74, 6) is -0.0531. The first-order valence-electron chi connectivity index (χ1n) is 6.83. The van der Waals surface area contributed by atoms with Crippen LogP contribution in [0.3, 0.4) is 0 Å². The van der Waals surface area contributed by atoms with Gasteiger partial charge in [-0.3, -0.25) is 4.79 Å². The summed E-state index contributed by atoms with van der Waals surface area (Å²) in [5.41, 5.74) is 0.628. The van der Waals surface area contributed by atoms with E-state index in [1.807, 2.05) is 0 Å². The summed E-state index contributed by atoms with van der Waals surface area (Å²) in [4.78, 5) is 14.4. The number of piperazine rings is 1. The van der Waals surface area contributed by atoms with Gasteiger partial charge in [0.05, 0.1) is 5.02 Å². The summed E-state index contributed by atoms with van der Waals surface area (Å²) in [6.45, 7) is 6.04. The Morgan fingerprint density at radius 3 is 2.85 bits per heavy atom. The van der Waals surface area contributed by atoms with Gasteiger partial charge in [0.25, 0.3) is 5.91 Å². The standard InChI is InChI=1S/C14H19BrClN3O/c15-12-10-11(2-3-13(12)16)14(20)18-4-1-7-19-8-5-17-6-9-19/h2-3,10,17H,1,4-9H2,(H,18,20). The highest BCUT2D eigenvalue weighted by Gasteiger charge is 2.10. The van der Waals surface area contributed by atoms with E-state index < -0.39 is 0 Å². The summed E-state index contributed by atoms with van der Waals surface area (Å²) in [6.07, 6.45) is 0.973. The van der Waals surface area contributed by atoms with Crippen LogP contribution in [0.5, 0.6) is 0 Å². The summed E-state index contributed by atoms with van der Waals surface area (Å²) in [7, 11) is 0. The van der Waals surface area contributed by atoms with Gasteiger partial charge in [-0.05, 0) is 47.1 Å². The second-order valence-electron chi connectivity index (χ2n) is 4.83. The maximum atomic E-state index is 12.0. The molecule has 1 saturated heterocycles. The maximum Gasteiger partial charge on any atom is 0.251 e. The lowest BCUT2D eigenvalue weighted by Gasteiger charge is -2.27. The van der Waals surface area contributed by atoms with Crippen LogP contribution in [0.2, 0.25) is 5.02 Å². The zero-order valence-electron chi connectivity index (χ0n) is 11.3. The van der Waals surface area contributed by atoms with Crippen LogP contribution in [0.1, 0.15) is 16.8 Å². The van der Waals surface area contributed by atoms with Crippen molar-refractivity contribution in [2.24, 2.45) is 0 Å². The Morgan fingerprint density at radius 1 is 1.40 bits per heavy atom. The molecule has 0 unspecified atom stereocenters. The minimum Gasteiger partial charge on any atom is -0.352 e. The Balaban J connectivity index is 1.70. The monoisotopic (exact) mass is 359 g/mol. The molecule has 0 spiro atoms. The maximum absolute atomic E-state index is 12.0. The van der Waals surface area contributed by atoms with Crippen molar-refractivity contribution in [1.29, 1.82) is 0 Å². The van der Waals surface area contributed by atoms with Gasteiger partial charge in [-0.1, -0.05) is 11.6 Å². The molecule has 1 fully saturated rings. The normalized spacial score (nSPS) is 16.1. The summed E-state index contributed by atoms with van der Waals surface area (Å²) in [6, 6.07) is 5.20. The van der Waals surface area contributed by atoms with Crippen LogP contribution >= 0.6 is 27.5 Å². The Kier molecular flexibility index (Phi) is 6.29. The van der Waals surface area contributed by atoms with E-state index in [0.717, 1.165) is 43.6 Å². The third-order valence-corrected chi connectivity index (χ3v) is 4.54. The number of halogens is 2. The third-order valence-electron chi connectivity index (χ3n) is 3.33. The molecule has 0 saturated carbocycles. The molecule has 1 aliphatic rings. The van der Waals surface area contributed by atoms with Crippen LogP contribution in [0.4, 0.5) is 0 Å². The van der Waals surface area contributed by atoms with E-state index in [4.69, 9.17) is 11.6 Å². The molecule has 1 aliphatic heterocycles. The number of hydrogen-bond acceptors (Lipinski definition) is 3. The third kappa shape index (κ3) is 4.74. The van der Waals surface area contributed by atoms with E-state index in [2.05, 4.69) is 31.5 Å². The second-order valence-corrected chi connectivity index (χ2v) is 6.09. The molecule has 2 N–H and O–H groups in total. The second kappa shape index (κ2) is 7.98. The zero-order chi connectivity index (χ0) is 14.4. The first-order chi connectivity index (χ1) is 9.66. The molecule has 0 aromatic heterocycles. The Labute approximate surface area is 133 Å². The predicted molar refractivity (Wildman–Crippen MR) is 85.4 cm³/mol. The largest absolute Gasteiger partial charge is 0.352 e. The molecule has 6 heteroatoms. The molecule has 1 aromatic rings. The number of rotatable bonds is 5. The van der Waals surface area contributed by atoms with Crippen molar-refractivity contribution in [3.05, 3.63) is 33.3 Å². The number of nitrogens with one attached hydrogen (secondary N) is 2. The quantitative estimate of drug-likeness (QED) is 0.791. The van der Waals surface area contributed by atoms with Gasteiger partial charge in [0.2, 0.25) is 0 Å². The van der Waals surface area contributed by atoms with Gasteiger partial charge >= 0.3 is 0 Å². The molecule has 0 radical (unpaired) electrons. The Bertz CT molecular complexity index is 464. The Morgan fingerprint density at radius 2 is 2.15 bits per heavy atom. The van der Waals surface area contributed by atoms with Crippen molar-refractivity contribution < 1.29 is 4.79 Å². The molecule has 4 nitrogen and oxygen atoms in total. The molecule has 1 aromatic carbocycles. The number of nitrogens with zero attached hydrogens (tertiary/aromatic N) is 1. The van der Waals surface area contributed by atoms with Crippen LogP contribution < -0.4 is 10.6 Å². The molecule has 110 valence electrons. The molecule has 2 rings (SSSR count). The van der Waals surface area contributed by atoms with E-state index in [1.54, 1.807) is 18.2 Å². The van der Waals surface area contributed by atoms with Gasteiger partial charge in [-0.15, -0.1) is 0 Å². The minimum atomic E-state index is -0.0531. The molecule has 0 bridgehead atoms. The van der Waals surface area contributed by atoms with Gasteiger partial charge in [0.15, 0.2) is 0 Å². The van der Waals surface area contributed by atoms with Gasteiger partial charge in [0, 0.05) is 42.8 Å². The molecule has 1 amide bonds. The van der Waals surface area contributed by atoms with Crippen molar-refractivity contribution in [2.45, 2.75) is 6.42 Å². The van der Waals surface area contributed by atoms with Crippen molar-refractivity contribution in [2.75, 3.05) is 39.3 Å². The zero-order valence-corrected chi connectivity index (χ0v) is 13.6. The van der Waals surface area contributed by atoms with Crippen LogP contribution in [0, 0.1) is 0 Å². The Hall–Kier alpha value is -0.620. The lowest BCUT2D eigenvalue weighted by Crippen LogP contribution is -2.44. The molecule has 0 atom stereocenters. The molecular weight excluding hydrogens is 342 g/mol. The highest BCUT2D eigenvalue weighted by Crippen LogP contribution is 2.23. The summed E-state index contributed by atoms with van der Waals surface area (Å²) in [5, 5.41) is 6.88. The van der Waals surface area contributed by atoms with E-state index in [0.29, 0.717) is 17.1 Å². The van der Waals surface area contributed by atoms with Crippen LogP contribution in [-0.2, 0) is 0 Å². The highest BCUT2D eigenvalue weighted by atomic mass is 79.9. The SMILES string of the molecule is O=C(NCCCN1CCNCC1)c1ccc(Cl)c(Br)c1. The van der Waals surface area contributed by atoms with E-state index in [1.165, 1.54) is 0 Å². The molecule has 0 aliphatic carbocycles. The topological polar surface area (TPSA) is 44.4 Å². The molecule has 1 heterocycles. The van der Waals surface area contributed by atoms with Gasteiger partial charge in [-0.25, -0.2) is 0 Å². The molecular formula is C14H19BrClN3O. The van der Waals surface area contributed by atoms with Crippen molar-refractivity contribution in [1.82, 2.24) is 15.5 Å². The van der Waals surface area contributed by atoms with E-state index in [9.17, 15) is 4.79 Å². The first kappa shape index (κ1) is 15.8. The fourth-order valence-electron chi connectivity index (χ4n) is 2.18. The van der Waals surface area contributed by atoms with Gasteiger partial charge in [0.1, 0.15) is 0 Å². The van der Waals surface area contributed by atoms with Crippen LogP contribution in [-0.4, -0.2) is 50.1 Å². The lowest BCUT2D eigenvalue weighted by atomic mass is 10.2.